The zero-order valence-electron chi connectivity index (χ0n) is 20.9. The molecule has 3 aliphatic carbocycles. The minimum absolute atomic E-state index is 0.0667. The van der Waals surface area contributed by atoms with Gasteiger partial charge in [0, 0.05) is 32.5 Å². The summed E-state index contributed by atoms with van der Waals surface area (Å²) in [5, 5.41) is 0. The van der Waals surface area contributed by atoms with Crippen molar-refractivity contribution in [3.63, 3.8) is 0 Å². The summed E-state index contributed by atoms with van der Waals surface area (Å²) in [5.74, 6) is 0.692. The second-order valence-corrected chi connectivity index (χ2v) is 11.1. The molecule has 0 radical (unpaired) electrons. The lowest BCUT2D eigenvalue weighted by molar-refractivity contribution is -0.303. The Morgan fingerprint density at radius 2 is 1.39 bits per heavy atom. The van der Waals surface area contributed by atoms with Crippen LogP contribution in [0.4, 0.5) is 0 Å². The highest BCUT2D eigenvalue weighted by atomic mass is 16.7. The van der Waals surface area contributed by atoms with Gasteiger partial charge in [-0.2, -0.15) is 0 Å². The number of esters is 1. The number of rotatable bonds is 10. The second-order valence-electron chi connectivity index (χ2n) is 11.1. The van der Waals surface area contributed by atoms with Gasteiger partial charge in [0.25, 0.3) is 0 Å². The number of carbonyl (C=O) groups is 1. The maximum Gasteiger partial charge on any atom is 0.312 e. The van der Waals surface area contributed by atoms with Gasteiger partial charge in [-0.3, -0.25) is 4.79 Å². The van der Waals surface area contributed by atoms with Crippen molar-refractivity contribution in [2.24, 2.45) is 17.3 Å². The van der Waals surface area contributed by atoms with Crippen LogP contribution in [-0.2, 0) is 28.5 Å². The largest absolute Gasteiger partial charge is 0.458 e. The summed E-state index contributed by atoms with van der Waals surface area (Å²) in [7, 11) is 0. The average molecular weight is 441 g/mol. The fraction of sp³-hybridized carbons (Fsp3) is 0.960. The van der Waals surface area contributed by atoms with Crippen LogP contribution < -0.4 is 0 Å². The predicted octanol–water partition coefficient (Wildman–Crippen LogP) is 5.22. The van der Waals surface area contributed by atoms with Gasteiger partial charge in [-0.15, -0.1) is 0 Å². The Balaban J connectivity index is 1.90. The molecule has 6 nitrogen and oxygen atoms in total. The lowest BCUT2D eigenvalue weighted by Crippen LogP contribution is -2.63. The highest BCUT2D eigenvalue weighted by Crippen LogP contribution is 2.59. The van der Waals surface area contributed by atoms with E-state index in [0.29, 0.717) is 37.9 Å². The summed E-state index contributed by atoms with van der Waals surface area (Å²) in [6.07, 6.45) is 4.06. The van der Waals surface area contributed by atoms with Gasteiger partial charge in [0.2, 0.25) is 0 Å². The Hall–Kier alpha value is -0.690. The molecular formula is C25H44O6. The molecule has 0 N–H and O–H groups in total. The minimum Gasteiger partial charge on any atom is -0.458 e. The Labute approximate surface area is 188 Å². The van der Waals surface area contributed by atoms with Crippen LogP contribution in [0.2, 0.25) is 0 Å². The van der Waals surface area contributed by atoms with Crippen molar-refractivity contribution in [3.05, 3.63) is 0 Å². The highest BCUT2D eigenvalue weighted by Gasteiger charge is 2.63. The van der Waals surface area contributed by atoms with Crippen molar-refractivity contribution in [2.75, 3.05) is 13.2 Å². The molecule has 6 heteroatoms. The summed E-state index contributed by atoms with van der Waals surface area (Å²) in [5.41, 5.74) is -1.92. The van der Waals surface area contributed by atoms with Crippen LogP contribution in [0.25, 0.3) is 0 Å². The van der Waals surface area contributed by atoms with Crippen LogP contribution in [0.1, 0.15) is 93.9 Å². The van der Waals surface area contributed by atoms with E-state index in [1.165, 1.54) is 0 Å². The van der Waals surface area contributed by atoms with E-state index in [2.05, 4.69) is 20.8 Å². The molecule has 3 saturated carbocycles. The summed E-state index contributed by atoms with van der Waals surface area (Å²) < 4.78 is 30.9. The molecule has 3 aliphatic rings. The molecule has 180 valence electrons. The second kappa shape index (κ2) is 8.92. The fourth-order valence-corrected chi connectivity index (χ4v) is 6.56. The lowest BCUT2D eigenvalue weighted by atomic mass is 9.58. The number of fused-ring (bicyclic) bond motifs is 2. The van der Waals surface area contributed by atoms with E-state index in [9.17, 15) is 4.79 Å². The third-order valence-electron chi connectivity index (χ3n) is 7.58. The smallest absolute Gasteiger partial charge is 0.312 e. The Kier molecular flexibility index (Phi) is 7.18. The number of hydrogen-bond donors (Lipinski definition) is 0. The fourth-order valence-electron chi connectivity index (χ4n) is 6.56. The van der Waals surface area contributed by atoms with Crippen LogP contribution >= 0.6 is 0 Å². The van der Waals surface area contributed by atoms with Crippen LogP contribution in [0.3, 0.4) is 0 Å². The molecule has 0 saturated heterocycles. The van der Waals surface area contributed by atoms with Gasteiger partial charge in [0.1, 0.15) is 5.60 Å². The molecule has 0 aromatic carbocycles. The Morgan fingerprint density at radius 3 is 1.94 bits per heavy atom. The van der Waals surface area contributed by atoms with Crippen LogP contribution in [0, 0.1) is 17.3 Å². The molecule has 3 rings (SSSR count). The maximum atomic E-state index is 13.2. The molecule has 3 fully saturated rings. The molecule has 0 aromatic rings. The average Bonchev–Trinajstić information content (AvgIpc) is 3.20. The number of ether oxygens (including phenoxy) is 5. The van der Waals surface area contributed by atoms with E-state index in [-0.39, 0.29) is 24.0 Å². The minimum atomic E-state index is -0.592. The highest BCUT2D eigenvalue weighted by molar-refractivity contribution is 5.80. The van der Waals surface area contributed by atoms with Crippen LogP contribution in [-0.4, -0.2) is 48.6 Å². The molecule has 0 spiro atoms. The van der Waals surface area contributed by atoms with Gasteiger partial charge in [-0.05, 0) is 72.6 Å². The van der Waals surface area contributed by atoms with Crippen LogP contribution in [0.15, 0.2) is 0 Å². The van der Waals surface area contributed by atoms with E-state index in [0.717, 1.165) is 25.7 Å². The summed E-state index contributed by atoms with van der Waals surface area (Å²) in [6, 6.07) is 0. The number of hydrogen-bond acceptors (Lipinski definition) is 6. The first-order chi connectivity index (χ1) is 14.4. The molecule has 8 unspecified atom stereocenters. The molecular weight excluding hydrogens is 396 g/mol. The van der Waals surface area contributed by atoms with E-state index >= 15 is 0 Å². The summed E-state index contributed by atoms with van der Waals surface area (Å²) in [6.45, 7) is 17.5. The molecule has 31 heavy (non-hydrogen) atoms. The van der Waals surface area contributed by atoms with Crippen molar-refractivity contribution in [1.82, 2.24) is 0 Å². The van der Waals surface area contributed by atoms with Crippen molar-refractivity contribution < 1.29 is 28.5 Å². The Bertz CT molecular complexity index is 650. The van der Waals surface area contributed by atoms with Crippen molar-refractivity contribution in [1.29, 1.82) is 0 Å². The van der Waals surface area contributed by atoms with Gasteiger partial charge in [-0.25, -0.2) is 0 Å². The third kappa shape index (κ3) is 5.45. The first kappa shape index (κ1) is 24.9. The summed E-state index contributed by atoms with van der Waals surface area (Å²) >= 11 is 0. The maximum absolute atomic E-state index is 13.2. The zero-order valence-corrected chi connectivity index (χ0v) is 20.9. The van der Waals surface area contributed by atoms with Crippen molar-refractivity contribution in [3.8, 4) is 0 Å². The molecule has 0 aliphatic heterocycles. The van der Waals surface area contributed by atoms with Gasteiger partial charge < -0.3 is 23.7 Å². The lowest BCUT2D eigenvalue weighted by Gasteiger charge is -2.59. The van der Waals surface area contributed by atoms with E-state index in [1.54, 1.807) is 0 Å². The monoisotopic (exact) mass is 440 g/mol. The number of carbonyl (C=O) groups excluding carboxylic acids is 1. The zero-order chi connectivity index (χ0) is 23.1. The van der Waals surface area contributed by atoms with E-state index in [4.69, 9.17) is 23.7 Å². The normalized spacial score (nSPS) is 43.9. The first-order valence-corrected chi connectivity index (χ1v) is 12.2. The quantitative estimate of drug-likeness (QED) is 0.343. The van der Waals surface area contributed by atoms with Gasteiger partial charge in [-0.1, -0.05) is 13.8 Å². The summed E-state index contributed by atoms with van der Waals surface area (Å²) in [4.78, 5) is 13.2. The van der Waals surface area contributed by atoms with Crippen LogP contribution in [0.5, 0.6) is 0 Å². The molecule has 0 aromatic heterocycles. The first-order valence-electron chi connectivity index (χ1n) is 12.2. The topological polar surface area (TPSA) is 63.2 Å². The predicted molar refractivity (Wildman–Crippen MR) is 118 cm³/mol. The van der Waals surface area contributed by atoms with E-state index < -0.39 is 16.8 Å². The SMILES string of the molecule is CCOC(C)OC1(C)CC2(OC(=O)C3(C)CC3C)CC(C)CC(OC(C)OCC)(C1)C2. The van der Waals surface area contributed by atoms with Gasteiger partial charge in [0.05, 0.1) is 16.6 Å². The van der Waals surface area contributed by atoms with E-state index in [1.807, 2.05) is 34.6 Å². The molecule has 0 heterocycles. The molecule has 2 bridgehead atoms. The van der Waals surface area contributed by atoms with Crippen molar-refractivity contribution >= 4 is 5.97 Å². The van der Waals surface area contributed by atoms with Gasteiger partial charge >= 0.3 is 5.97 Å². The third-order valence-corrected chi connectivity index (χ3v) is 7.58. The molecule has 0 amide bonds. The van der Waals surface area contributed by atoms with Crippen molar-refractivity contribution in [2.45, 2.75) is 123 Å². The standard InChI is InChI=1S/C25H44O6/c1-9-27-19(5)29-22(7)14-24(30-20(6)28-10-2)11-17(3)12-25(15-22,16-24)31-21(26)23(8)13-18(23)4/h17-20H,9-16H2,1-8H3. The molecule has 8 atom stereocenters. The Morgan fingerprint density at radius 1 is 0.871 bits per heavy atom. The van der Waals surface area contributed by atoms with Gasteiger partial charge in [0.15, 0.2) is 12.6 Å².